The Kier molecular flexibility index (Phi) is 18.2. The van der Waals surface area contributed by atoms with Crippen LogP contribution in [0.1, 0.15) is 60.5 Å². The summed E-state index contributed by atoms with van der Waals surface area (Å²) in [5, 5.41) is 11.7. The Hall–Kier alpha value is -7.45. The SMILES string of the molecule is CCc1cc(Nc2ncc(Cl)c(Nc3ccc4nccnc4c3NS(C)(=O)=O)n2)c(OC)cc1N1CCC(N2CCN(C(=O)CCOCCOCCNC(=O)COc3cccc4c3CN(C3CCC(=O)NC3=O)C4=O)CC2)CC1. The van der Waals surface area contributed by atoms with Crippen molar-refractivity contribution in [3.05, 3.63) is 82.8 Å². The van der Waals surface area contributed by atoms with Gasteiger partial charge in [0, 0.05) is 93.6 Å². The van der Waals surface area contributed by atoms with Crippen LogP contribution in [0.2, 0.25) is 5.02 Å². The van der Waals surface area contributed by atoms with Crippen molar-refractivity contribution in [3.63, 3.8) is 0 Å². The number of halogens is 1. The first-order chi connectivity index (χ1) is 38.2. The zero-order chi connectivity index (χ0) is 55.6. The number of aryl methyl sites for hydroxylation is 1. The molecule has 0 saturated carbocycles. The first-order valence-electron chi connectivity index (χ1n) is 26.2. The first-order valence-corrected chi connectivity index (χ1v) is 28.5. The molecule has 4 aliphatic rings. The molecular formula is C53H64ClN13O11S. The predicted octanol–water partition coefficient (Wildman–Crippen LogP) is 4.00. The van der Waals surface area contributed by atoms with Crippen molar-refractivity contribution in [2.75, 3.05) is 112 Å². The molecule has 5 N–H and O–H groups in total. The Labute approximate surface area is 462 Å². The third-order valence-electron chi connectivity index (χ3n) is 14.2. The van der Waals surface area contributed by atoms with Crippen LogP contribution in [0, 0.1) is 0 Å². The highest BCUT2D eigenvalue weighted by molar-refractivity contribution is 7.92. The molecule has 5 aromatic rings. The molecule has 6 heterocycles. The van der Waals surface area contributed by atoms with Crippen LogP contribution in [0.4, 0.5) is 34.5 Å². The molecule has 9 rings (SSSR count). The van der Waals surface area contributed by atoms with Gasteiger partial charge >= 0.3 is 0 Å². The fourth-order valence-electron chi connectivity index (χ4n) is 10.2. The number of hydrogen-bond donors (Lipinski definition) is 5. The average Bonchev–Trinajstić information content (AvgIpc) is 3.90. The number of sulfonamides is 1. The minimum atomic E-state index is -3.69. The summed E-state index contributed by atoms with van der Waals surface area (Å²) < 4.78 is 50.2. The third kappa shape index (κ3) is 13.9. The van der Waals surface area contributed by atoms with Gasteiger partial charge in [-0.15, -0.1) is 0 Å². The van der Waals surface area contributed by atoms with E-state index in [0.717, 1.165) is 62.9 Å². The summed E-state index contributed by atoms with van der Waals surface area (Å²) in [7, 11) is -2.07. The Morgan fingerprint density at radius 2 is 1.65 bits per heavy atom. The normalized spacial score (nSPS) is 17.1. The van der Waals surface area contributed by atoms with Crippen molar-refractivity contribution in [3.8, 4) is 11.5 Å². The number of nitrogens with zero attached hydrogens (tertiary/aromatic N) is 8. The summed E-state index contributed by atoms with van der Waals surface area (Å²) in [4.78, 5) is 88.7. The molecule has 2 aromatic heterocycles. The number of fused-ring (bicyclic) bond motifs is 2. The number of methoxy groups -OCH3 is 1. The number of ether oxygens (including phenoxy) is 4. The van der Waals surface area contributed by atoms with E-state index in [9.17, 15) is 32.4 Å². The van der Waals surface area contributed by atoms with Crippen molar-refractivity contribution in [1.29, 1.82) is 0 Å². The highest BCUT2D eigenvalue weighted by atomic mass is 35.5. The molecule has 4 aliphatic heterocycles. The van der Waals surface area contributed by atoms with Gasteiger partial charge in [-0.2, -0.15) is 4.98 Å². The number of anilines is 6. The molecule has 79 heavy (non-hydrogen) atoms. The second kappa shape index (κ2) is 25.6. The van der Waals surface area contributed by atoms with Crippen LogP contribution in [0.5, 0.6) is 11.5 Å². The topological polar surface area (TPSA) is 281 Å². The van der Waals surface area contributed by atoms with E-state index >= 15 is 0 Å². The summed E-state index contributed by atoms with van der Waals surface area (Å²) in [5.74, 6) is -0.0324. The van der Waals surface area contributed by atoms with E-state index in [2.05, 4.69) is 62.6 Å². The molecule has 420 valence electrons. The molecule has 5 amide bonds. The number of piperazine rings is 1. The average molecular weight is 1130 g/mol. The van der Waals surface area contributed by atoms with E-state index < -0.39 is 22.0 Å². The van der Waals surface area contributed by atoms with Gasteiger partial charge in [0.05, 0.1) is 81.5 Å². The second-order valence-corrected chi connectivity index (χ2v) is 21.5. The molecule has 0 bridgehead atoms. The van der Waals surface area contributed by atoms with Crippen molar-refractivity contribution >= 4 is 96.7 Å². The van der Waals surface area contributed by atoms with Gasteiger partial charge in [-0.25, -0.2) is 13.4 Å². The lowest BCUT2D eigenvalue weighted by Gasteiger charge is -2.43. The van der Waals surface area contributed by atoms with Gasteiger partial charge in [0.1, 0.15) is 28.1 Å². The lowest BCUT2D eigenvalue weighted by Crippen LogP contribution is -2.54. The van der Waals surface area contributed by atoms with Crippen LogP contribution in [0.3, 0.4) is 0 Å². The maximum Gasteiger partial charge on any atom is 0.258 e. The van der Waals surface area contributed by atoms with Crippen LogP contribution in [-0.4, -0.2) is 177 Å². The number of amides is 5. The van der Waals surface area contributed by atoms with E-state index in [4.69, 9.17) is 30.5 Å². The number of carbonyl (C=O) groups is 5. The number of imide groups is 1. The molecular weight excluding hydrogens is 1060 g/mol. The molecule has 26 heteroatoms. The number of carbonyl (C=O) groups excluding carboxylic acids is 5. The monoisotopic (exact) mass is 1130 g/mol. The zero-order valence-corrected chi connectivity index (χ0v) is 45.8. The molecule has 0 radical (unpaired) electrons. The molecule has 3 aromatic carbocycles. The van der Waals surface area contributed by atoms with Crippen molar-refractivity contribution in [2.45, 2.75) is 64.1 Å². The van der Waals surface area contributed by atoms with E-state index in [1.54, 1.807) is 37.4 Å². The zero-order valence-electron chi connectivity index (χ0n) is 44.2. The maximum atomic E-state index is 13.1. The van der Waals surface area contributed by atoms with Crippen LogP contribution in [0.15, 0.2) is 61.1 Å². The highest BCUT2D eigenvalue weighted by Gasteiger charge is 2.40. The number of nitrogens with one attached hydrogen (secondary N) is 5. The summed E-state index contributed by atoms with van der Waals surface area (Å²) in [5.41, 5.74) is 5.29. The molecule has 3 fully saturated rings. The lowest BCUT2D eigenvalue weighted by atomic mass is 9.99. The minimum absolute atomic E-state index is 0.0625. The first kappa shape index (κ1) is 56.3. The summed E-state index contributed by atoms with van der Waals surface area (Å²) in [6, 6.07) is 12.1. The van der Waals surface area contributed by atoms with Gasteiger partial charge in [-0.1, -0.05) is 24.6 Å². The maximum absolute atomic E-state index is 13.1. The quantitative estimate of drug-likeness (QED) is 0.0457. The second-order valence-electron chi connectivity index (χ2n) is 19.4. The van der Waals surface area contributed by atoms with Crippen molar-refractivity contribution in [1.82, 2.24) is 45.3 Å². The summed E-state index contributed by atoms with van der Waals surface area (Å²) in [6.07, 6.45) is 8.91. The Morgan fingerprint density at radius 3 is 2.39 bits per heavy atom. The molecule has 3 saturated heterocycles. The number of piperidine rings is 2. The van der Waals surface area contributed by atoms with Gasteiger partial charge in [0.2, 0.25) is 33.7 Å². The molecule has 0 spiro atoms. The van der Waals surface area contributed by atoms with Crippen LogP contribution < -0.4 is 40.4 Å². The van der Waals surface area contributed by atoms with E-state index in [-0.39, 0.29) is 98.3 Å². The Morgan fingerprint density at radius 1 is 0.873 bits per heavy atom. The van der Waals surface area contributed by atoms with Gasteiger partial charge in [0.25, 0.3) is 11.8 Å². The fourth-order valence-corrected chi connectivity index (χ4v) is 11.0. The summed E-state index contributed by atoms with van der Waals surface area (Å²) in [6.45, 7) is 8.02. The van der Waals surface area contributed by atoms with Crippen molar-refractivity contribution < 1.29 is 51.3 Å². The van der Waals surface area contributed by atoms with E-state index in [1.165, 1.54) is 23.5 Å². The Bertz CT molecular complexity index is 3190. The number of benzene rings is 3. The van der Waals surface area contributed by atoms with Gasteiger partial charge in [0.15, 0.2) is 12.4 Å². The van der Waals surface area contributed by atoms with Gasteiger partial charge in [-0.3, -0.25) is 48.9 Å². The smallest absolute Gasteiger partial charge is 0.258 e. The van der Waals surface area contributed by atoms with E-state index in [0.29, 0.717) is 77.4 Å². The Balaban J connectivity index is 0.659. The predicted molar refractivity (Wildman–Crippen MR) is 295 cm³/mol. The fraction of sp³-hybridized carbons (Fsp3) is 0.453. The molecule has 0 aliphatic carbocycles. The van der Waals surface area contributed by atoms with Gasteiger partial charge in [-0.05, 0) is 61.6 Å². The standard InChI is InChI=1S/C53H64ClN13O11S/c1-4-33-28-40(60-53-58-30-37(54)50(62-53)59-39-9-8-38-48(57-16-15-55-38)49(39)63-79(3,73)74)44(75-2)29-42(33)65-18-12-34(13-19-65)64-20-22-66(23-21-64)47(70)14-24-76-26-27-77-25-17-56-46(69)32-78-43-7-5-6-35-36(43)31-67(52(35)72)41-10-11-45(68)61-51(41)71/h5-9,15-16,28-30,34,41,63H,4,10-14,17-27,31-32H2,1-3H3,(H,56,69)(H,61,68,71)(H2,58,59,60,62). The molecule has 1 atom stereocenters. The number of rotatable bonds is 23. The molecule has 1 unspecified atom stereocenters. The van der Waals surface area contributed by atoms with Crippen LogP contribution >= 0.6 is 11.6 Å². The number of aromatic nitrogens is 4. The third-order valence-corrected chi connectivity index (χ3v) is 15.1. The molecule has 24 nitrogen and oxygen atoms in total. The minimum Gasteiger partial charge on any atom is -0.494 e. The van der Waals surface area contributed by atoms with Crippen molar-refractivity contribution in [2.24, 2.45) is 0 Å². The van der Waals surface area contributed by atoms with Crippen LogP contribution in [-0.2, 0) is 51.6 Å². The van der Waals surface area contributed by atoms with E-state index in [1.807, 2.05) is 17.0 Å². The number of hydrogen-bond acceptors (Lipinski definition) is 19. The highest BCUT2D eigenvalue weighted by Crippen LogP contribution is 2.39. The lowest BCUT2D eigenvalue weighted by molar-refractivity contribution is -0.137. The van der Waals surface area contributed by atoms with Gasteiger partial charge < -0.3 is 49.6 Å². The largest absolute Gasteiger partial charge is 0.494 e. The summed E-state index contributed by atoms with van der Waals surface area (Å²) >= 11 is 6.57. The van der Waals surface area contributed by atoms with Crippen LogP contribution in [0.25, 0.3) is 11.0 Å².